The molecule has 1 unspecified atom stereocenters. The molecule has 4 heteroatoms. The predicted octanol–water partition coefficient (Wildman–Crippen LogP) is 2.30. The summed E-state index contributed by atoms with van der Waals surface area (Å²) in [7, 11) is 0. The SMILES string of the molecule is Cc1ccc(C(O)C(=O)N[C@@H](C)c2ccccc2)cn1. The highest BCUT2D eigenvalue weighted by Crippen LogP contribution is 2.16. The summed E-state index contributed by atoms with van der Waals surface area (Å²) < 4.78 is 0. The molecule has 20 heavy (non-hydrogen) atoms. The number of amides is 1. The number of rotatable bonds is 4. The summed E-state index contributed by atoms with van der Waals surface area (Å²) in [6.45, 7) is 3.74. The van der Waals surface area contributed by atoms with Crippen LogP contribution >= 0.6 is 0 Å². The van der Waals surface area contributed by atoms with E-state index in [0.29, 0.717) is 5.56 Å². The standard InChI is InChI=1S/C16H18N2O2/c1-11-8-9-14(10-17-11)15(19)16(20)18-12(2)13-6-4-3-5-7-13/h3-10,12,15,19H,1-2H3,(H,18,20)/t12-,15?/m0/s1. The topological polar surface area (TPSA) is 62.2 Å². The van der Waals surface area contributed by atoms with E-state index in [4.69, 9.17) is 0 Å². The van der Waals surface area contributed by atoms with Gasteiger partial charge < -0.3 is 10.4 Å². The van der Waals surface area contributed by atoms with Crippen molar-refractivity contribution in [1.82, 2.24) is 10.3 Å². The van der Waals surface area contributed by atoms with Crippen molar-refractivity contribution in [2.75, 3.05) is 0 Å². The molecule has 0 bridgehead atoms. The number of aliphatic hydroxyl groups excluding tert-OH is 1. The molecule has 2 aromatic rings. The van der Waals surface area contributed by atoms with Crippen molar-refractivity contribution in [3.8, 4) is 0 Å². The van der Waals surface area contributed by atoms with E-state index in [9.17, 15) is 9.90 Å². The van der Waals surface area contributed by atoms with Crippen LogP contribution in [0, 0.1) is 6.92 Å². The largest absolute Gasteiger partial charge is 0.378 e. The van der Waals surface area contributed by atoms with Gasteiger partial charge in [-0.2, -0.15) is 0 Å². The van der Waals surface area contributed by atoms with Gasteiger partial charge in [-0.3, -0.25) is 9.78 Å². The van der Waals surface area contributed by atoms with E-state index in [-0.39, 0.29) is 6.04 Å². The van der Waals surface area contributed by atoms with Crippen LogP contribution in [0.1, 0.15) is 35.9 Å². The van der Waals surface area contributed by atoms with Crippen LogP contribution in [0.2, 0.25) is 0 Å². The minimum Gasteiger partial charge on any atom is -0.378 e. The van der Waals surface area contributed by atoms with Crippen LogP contribution < -0.4 is 5.32 Å². The number of hydrogen-bond donors (Lipinski definition) is 2. The zero-order valence-corrected chi connectivity index (χ0v) is 11.6. The van der Waals surface area contributed by atoms with Crippen molar-refractivity contribution in [3.05, 3.63) is 65.5 Å². The van der Waals surface area contributed by atoms with Gasteiger partial charge >= 0.3 is 0 Å². The molecule has 4 nitrogen and oxygen atoms in total. The number of nitrogens with one attached hydrogen (secondary N) is 1. The van der Waals surface area contributed by atoms with Crippen LogP contribution in [-0.2, 0) is 4.79 Å². The number of aliphatic hydroxyl groups is 1. The molecule has 2 atom stereocenters. The lowest BCUT2D eigenvalue weighted by Crippen LogP contribution is -2.31. The first-order chi connectivity index (χ1) is 9.58. The molecular formula is C16H18N2O2. The smallest absolute Gasteiger partial charge is 0.254 e. The van der Waals surface area contributed by atoms with Crippen molar-refractivity contribution in [2.24, 2.45) is 0 Å². The van der Waals surface area contributed by atoms with Crippen molar-refractivity contribution >= 4 is 5.91 Å². The molecule has 0 aliphatic heterocycles. The number of carbonyl (C=O) groups excluding carboxylic acids is 1. The second-order valence-corrected chi connectivity index (χ2v) is 4.78. The Kier molecular flexibility index (Phi) is 4.48. The van der Waals surface area contributed by atoms with Gasteiger partial charge in [0.2, 0.25) is 0 Å². The van der Waals surface area contributed by atoms with E-state index in [1.807, 2.05) is 44.2 Å². The quantitative estimate of drug-likeness (QED) is 0.896. The van der Waals surface area contributed by atoms with Crippen molar-refractivity contribution in [1.29, 1.82) is 0 Å². The lowest BCUT2D eigenvalue weighted by Gasteiger charge is -2.17. The van der Waals surface area contributed by atoms with E-state index >= 15 is 0 Å². The number of carbonyl (C=O) groups is 1. The molecule has 1 amide bonds. The number of hydrogen-bond acceptors (Lipinski definition) is 3. The molecule has 2 rings (SSSR count). The maximum absolute atomic E-state index is 12.0. The number of nitrogens with zero attached hydrogens (tertiary/aromatic N) is 1. The molecule has 1 aromatic heterocycles. The van der Waals surface area contributed by atoms with Gasteiger partial charge in [-0.05, 0) is 25.5 Å². The summed E-state index contributed by atoms with van der Waals surface area (Å²) >= 11 is 0. The molecule has 2 N–H and O–H groups in total. The summed E-state index contributed by atoms with van der Waals surface area (Å²) in [4.78, 5) is 16.1. The van der Waals surface area contributed by atoms with Gasteiger partial charge in [-0.25, -0.2) is 0 Å². The molecule has 0 spiro atoms. The molecule has 0 saturated heterocycles. The second-order valence-electron chi connectivity index (χ2n) is 4.78. The Morgan fingerprint density at radius 3 is 2.45 bits per heavy atom. The Morgan fingerprint density at radius 2 is 1.85 bits per heavy atom. The lowest BCUT2D eigenvalue weighted by molar-refractivity contribution is -0.130. The van der Waals surface area contributed by atoms with Crippen LogP contribution in [0.5, 0.6) is 0 Å². The highest BCUT2D eigenvalue weighted by Gasteiger charge is 2.19. The first-order valence-electron chi connectivity index (χ1n) is 6.54. The molecule has 1 heterocycles. The number of aryl methyl sites for hydroxylation is 1. The Hall–Kier alpha value is -2.20. The third-order valence-electron chi connectivity index (χ3n) is 3.16. The Labute approximate surface area is 118 Å². The van der Waals surface area contributed by atoms with Crippen LogP contribution in [0.3, 0.4) is 0 Å². The van der Waals surface area contributed by atoms with Crippen molar-refractivity contribution in [2.45, 2.75) is 26.0 Å². The van der Waals surface area contributed by atoms with Crippen LogP contribution in [0.15, 0.2) is 48.7 Å². The van der Waals surface area contributed by atoms with Crippen LogP contribution in [0.4, 0.5) is 0 Å². The van der Waals surface area contributed by atoms with E-state index in [1.54, 1.807) is 12.1 Å². The van der Waals surface area contributed by atoms with Gasteiger partial charge in [0.25, 0.3) is 5.91 Å². The normalized spacial score (nSPS) is 13.6. The van der Waals surface area contributed by atoms with Crippen molar-refractivity contribution in [3.63, 3.8) is 0 Å². The van der Waals surface area contributed by atoms with Gasteiger partial charge in [0, 0.05) is 17.5 Å². The van der Waals surface area contributed by atoms with E-state index in [0.717, 1.165) is 11.3 Å². The minimum atomic E-state index is -1.20. The highest BCUT2D eigenvalue weighted by molar-refractivity contribution is 5.82. The number of benzene rings is 1. The molecule has 0 aliphatic carbocycles. The van der Waals surface area contributed by atoms with Gasteiger partial charge in [0.1, 0.15) is 0 Å². The molecular weight excluding hydrogens is 252 g/mol. The first kappa shape index (κ1) is 14.2. The Balaban J connectivity index is 2.02. The fourth-order valence-corrected chi connectivity index (χ4v) is 1.91. The monoisotopic (exact) mass is 270 g/mol. The maximum Gasteiger partial charge on any atom is 0.254 e. The third kappa shape index (κ3) is 3.42. The molecule has 0 aliphatic rings. The van der Waals surface area contributed by atoms with E-state index < -0.39 is 12.0 Å². The zero-order chi connectivity index (χ0) is 14.5. The summed E-state index contributed by atoms with van der Waals surface area (Å²) in [5.74, 6) is -0.424. The van der Waals surface area contributed by atoms with Crippen molar-refractivity contribution < 1.29 is 9.90 Å². The minimum absolute atomic E-state index is 0.156. The maximum atomic E-state index is 12.0. The fraction of sp³-hybridized carbons (Fsp3) is 0.250. The zero-order valence-electron chi connectivity index (χ0n) is 11.6. The number of pyridine rings is 1. The molecule has 0 fully saturated rings. The van der Waals surface area contributed by atoms with Crippen LogP contribution in [0.25, 0.3) is 0 Å². The van der Waals surface area contributed by atoms with Gasteiger partial charge in [0.05, 0.1) is 6.04 Å². The summed E-state index contributed by atoms with van der Waals surface area (Å²) in [6.07, 6.45) is 0.321. The van der Waals surface area contributed by atoms with Gasteiger partial charge in [-0.1, -0.05) is 36.4 Å². The Bertz CT molecular complexity index is 567. The lowest BCUT2D eigenvalue weighted by atomic mass is 10.1. The summed E-state index contributed by atoms with van der Waals surface area (Å²) in [5.41, 5.74) is 2.34. The third-order valence-corrected chi connectivity index (χ3v) is 3.16. The van der Waals surface area contributed by atoms with Gasteiger partial charge in [-0.15, -0.1) is 0 Å². The summed E-state index contributed by atoms with van der Waals surface area (Å²) in [6, 6.07) is 12.9. The fourth-order valence-electron chi connectivity index (χ4n) is 1.91. The van der Waals surface area contributed by atoms with E-state index in [1.165, 1.54) is 6.20 Å². The molecule has 104 valence electrons. The molecule has 1 aromatic carbocycles. The Morgan fingerprint density at radius 1 is 1.15 bits per heavy atom. The average molecular weight is 270 g/mol. The van der Waals surface area contributed by atoms with Crippen LogP contribution in [-0.4, -0.2) is 16.0 Å². The average Bonchev–Trinajstić information content (AvgIpc) is 2.48. The highest BCUT2D eigenvalue weighted by atomic mass is 16.3. The second kappa shape index (κ2) is 6.30. The number of aromatic nitrogens is 1. The predicted molar refractivity (Wildman–Crippen MR) is 76.9 cm³/mol. The summed E-state index contributed by atoms with van der Waals surface area (Å²) in [5, 5.41) is 12.8. The molecule has 0 radical (unpaired) electrons. The molecule has 0 saturated carbocycles. The first-order valence-corrected chi connectivity index (χ1v) is 6.54. The van der Waals surface area contributed by atoms with E-state index in [2.05, 4.69) is 10.3 Å². The van der Waals surface area contributed by atoms with Gasteiger partial charge in [0.15, 0.2) is 6.10 Å².